The highest BCUT2D eigenvalue weighted by molar-refractivity contribution is 8.76. The molecule has 0 saturated carbocycles. The third kappa shape index (κ3) is 5.84. The first-order chi connectivity index (χ1) is 5.43. The van der Waals surface area contributed by atoms with E-state index in [1.807, 2.05) is 21.6 Å². The Morgan fingerprint density at radius 2 is 2.36 bits per heavy atom. The molecule has 4 heteroatoms. The Balaban J connectivity index is 1.66. The van der Waals surface area contributed by atoms with E-state index >= 15 is 0 Å². The molecule has 0 amide bonds. The van der Waals surface area contributed by atoms with Gasteiger partial charge in [0.25, 0.3) is 0 Å². The van der Waals surface area contributed by atoms with Gasteiger partial charge in [-0.15, -0.1) is 0 Å². The van der Waals surface area contributed by atoms with E-state index in [0.717, 1.165) is 25.6 Å². The molecule has 0 N–H and O–H groups in total. The standard InChI is InChI=1S/C7H14O2S2/c1-2-10-11-4-3-8-5-7-6-9-7/h7H,2-6H2,1H3. The van der Waals surface area contributed by atoms with Crippen molar-refractivity contribution in [1.82, 2.24) is 0 Å². The summed E-state index contributed by atoms with van der Waals surface area (Å²) >= 11 is 0. The lowest BCUT2D eigenvalue weighted by molar-refractivity contribution is 0.130. The average Bonchev–Trinajstić information content (AvgIpc) is 2.80. The summed E-state index contributed by atoms with van der Waals surface area (Å²) in [6.07, 6.45) is 0.416. The summed E-state index contributed by atoms with van der Waals surface area (Å²) in [7, 11) is 3.76. The molecule has 1 unspecified atom stereocenters. The van der Waals surface area contributed by atoms with Crippen molar-refractivity contribution >= 4 is 21.6 Å². The third-order valence-electron chi connectivity index (χ3n) is 1.22. The highest BCUT2D eigenvalue weighted by Gasteiger charge is 2.21. The van der Waals surface area contributed by atoms with E-state index in [-0.39, 0.29) is 0 Å². The molecule has 0 aromatic carbocycles. The molecule has 1 heterocycles. The molecule has 1 rings (SSSR count). The van der Waals surface area contributed by atoms with Gasteiger partial charge in [-0.2, -0.15) is 0 Å². The minimum atomic E-state index is 0.416. The zero-order chi connectivity index (χ0) is 7.94. The van der Waals surface area contributed by atoms with Gasteiger partial charge in [-0.05, 0) is 0 Å². The summed E-state index contributed by atoms with van der Waals surface area (Å²) in [6, 6.07) is 0. The van der Waals surface area contributed by atoms with Crippen LogP contribution in [0, 0.1) is 0 Å². The fourth-order valence-electron chi connectivity index (χ4n) is 0.614. The number of epoxide rings is 1. The van der Waals surface area contributed by atoms with Gasteiger partial charge in [0.1, 0.15) is 6.10 Å². The summed E-state index contributed by atoms with van der Waals surface area (Å²) < 4.78 is 10.3. The van der Waals surface area contributed by atoms with Gasteiger partial charge in [0.05, 0.1) is 19.8 Å². The van der Waals surface area contributed by atoms with E-state index in [1.165, 1.54) is 5.75 Å². The molecule has 66 valence electrons. The molecule has 1 aliphatic rings. The van der Waals surface area contributed by atoms with Crippen LogP contribution in [0.3, 0.4) is 0 Å². The van der Waals surface area contributed by atoms with Crippen LogP contribution in [0.15, 0.2) is 0 Å². The van der Waals surface area contributed by atoms with Crippen molar-refractivity contribution in [2.45, 2.75) is 13.0 Å². The monoisotopic (exact) mass is 194 g/mol. The van der Waals surface area contributed by atoms with Crippen LogP contribution in [0.4, 0.5) is 0 Å². The van der Waals surface area contributed by atoms with Gasteiger partial charge in [0, 0.05) is 11.5 Å². The molecule has 1 atom stereocenters. The van der Waals surface area contributed by atoms with Gasteiger partial charge in [0.2, 0.25) is 0 Å². The van der Waals surface area contributed by atoms with Crippen molar-refractivity contribution in [2.75, 3.05) is 31.3 Å². The maximum Gasteiger partial charge on any atom is 0.104 e. The molecule has 1 fully saturated rings. The van der Waals surface area contributed by atoms with Crippen LogP contribution >= 0.6 is 21.6 Å². The number of rotatable bonds is 7. The lowest BCUT2D eigenvalue weighted by Gasteiger charge is -1.99. The first-order valence-corrected chi connectivity index (χ1v) is 6.36. The van der Waals surface area contributed by atoms with E-state index in [1.54, 1.807) is 0 Å². The van der Waals surface area contributed by atoms with Crippen LogP contribution in [0.25, 0.3) is 0 Å². The van der Waals surface area contributed by atoms with Crippen LogP contribution in [-0.2, 0) is 9.47 Å². The topological polar surface area (TPSA) is 21.8 Å². The van der Waals surface area contributed by atoms with E-state index in [4.69, 9.17) is 9.47 Å². The van der Waals surface area contributed by atoms with E-state index in [9.17, 15) is 0 Å². The highest BCUT2D eigenvalue weighted by atomic mass is 33.1. The van der Waals surface area contributed by atoms with Crippen molar-refractivity contribution in [3.63, 3.8) is 0 Å². The molecule has 0 radical (unpaired) electrons. The second kappa shape index (κ2) is 6.17. The molecule has 1 aliphatic heterocycles. The molecule has 0 aliphatic carbocycles. The molecular formula is C7H14O2S2. The Morgan fingerprint density at radius 3 is 3.00 bits per heavy atom. The summed E-state index contributed by atoms with van der Waals surface area (Å²) in [6.45, 7) is 4.71. The van der Waals surface area contributed by atoms with E-state index < -0.39 is 0 Å². The van der Waals surface area contributed by atoms with Crippen molar-refractivity contribution in [2.24, 2.45) is 0 Å². The second-order valence-corrected chi connectivity index (χ2v) is 5.13. The molecule has 0 spiro atoms. The summed E-state index contributed by atoms with van der Waals surface area (Å²) in [5.41, 5.74) is 0. The minimum Gasteiger partial charge on any atom is -0.378 e. The Hall–Kier alpha value is 0.620. The Kier molecular flexibility index (Phi) is 5.45. The molecule has 2 nitrogen and oxygen atoms in total. The fourth-order valence-corrected chi connectivity index (χ4v) is 2.14. The lowest BCUT2D eigenvalue weighted by Crippen LogP contribution is -2.03. The van der Waals surface area contributed by atoms with Gasteiger partial charge in [0.15, 0.2) is 0 Å². The zero-order valence-electron chi connectivity index (χ0n) is 6.75. The van der Waals surface area contributed by atoms with E-state index in [2.05, 4.69) is 6.92 Å². The second-order valence-electron chi connectivity index (χ2n) is 2.26. The lowest BCUT2D eigenvalue weighted by atomic mass is 10.5. The van der Waals surface area contributed by atoms with Gasteiger partial charge < -0.3 is 9.47 Å². The van der Waals surface area contributed by atoms with Crippen molar-refractivity contribution in [3.8, 4) is 0 Å². The first-order valence-electron chi connectivity index (χ1n) is 3.87. The summed E-state index contributed by atoms with van der Waals surface area (Å²) in [5.74, 6) is 2.27. The predicted molar refractivity (Wildman–Crippen MR) is 51.1 cm³/mol. The number of ether oxygens (including phenoxy) is 2. The molecule has 0 aromatic rings. The first kappa shape index (κ1) is 9.71. The molecule has 0 bridgehead atoms. The summed E-state index contributed by atoms with van der Waals surface area (Å²) in [5, 5.41) is 0. The zero-order valence-corrected chi connectivity index (χ0v) is 8.38. The minimum absolute atomic E-state index is 0.416. The van der Waals surface area contributed by atoms with Gasteiger partial charge >= 0.3 is 0 Å². The maximum absolute atomic E-state index is 5.34. The van der Waals surface area contributed by atoms with Gasteiger partial charge in [-0.1, -0.05) is 28.5 Å². The van der Waals surface area contributed by atoms with Crippen LogP contribution in [0.1, 0.15) is 6.92 Å². The normalized spacial score (nSPS) is 22.1. The fraction of sp³-hybridized carbons (Fsp3) is 1.00. The van der Waals surface area contributed by atoms with Crippen LogP contribution in [0.5, 0.6) is 0 Å². The van der Waals surface area contributed by atoms with E-state index in [0.29, 0.717) is 6.10 Å². The van der Waals surface area contributed by atoms with Crippen molar-refractivity contribution in [1.29, 1.82) is 0 Å². The third-order valence-corrected chi connectivity index (χ3v) is 3.66. The predicted octanol–water partition coefficient (Wildman–Crippen LogP) is 1.80. The Bertz CT molecular complexity index is 96.4. The maximum atomic E-state index is 5.34. The quantitative estimate of drug-likeness (QED) is 0.350. The average molecular weight is 194 g/mol. The van der Waals surface area contributed by atoms with Gasteiger partial charge in [-0.3, -0.25) is 0 Å². The van der Waals surface area contributed by atoms with Crippen LogP contribution in [-0.4, -0.2) is 37.4 Å². The molecule has 1 saturated heterocycles. The SMILES string of the molecule is CCSSCCOCC1CO1. The molecular weight excluding hydrogens is 180 g/mol. The van der Waals surface area contributed by atoms with Crippen LogP contribution in [0.2, 0.25) is 0 Å². The largest absolute Gasteiger partial charge is 0.378 e. The van der Waals surface area contributed by atoms with Crippen molar-refractivity contribution < 1.29 is 9.47 Å². The highest BCUT2D eigenvalue weighted by Crippen LogP contribution is 2.19. The number of hydrogen-bond donors (Lipinski definition) is 0. The Labute approximate surface area is 75.8 Å². The Morgan fingerprint density at radius 1 is 1.55 bits per heavy atom. The van der Waals surface area contributed by atoms with Crippen LogP contribution < -0.4 is 0 Å². The van der Waals surface area contributed by atoms with Crippen molar-refractivity contribution in [3.05, 3.63) is 0 Å². The van der Waals surface area contributed by atoms with Gasteiger partial charge in [-0.25, -0.2) is 0 Å². The number of hydrogen-bond acceptors (Lipinski definition) is 4. The summed E-state index contributed by atoms with van der Waals surface area (Å²) in [4.78, 5) is 0. The molecule has 0 aromatic heterocycles. The smallest absolute Gasteiger partial charge is 0.104 e. The molecule has 11 heavy (non-hydrogen) atoms.